The molecule has 2 aliphatic rings. The first-order valence-electron chi connectivity index (χ1n) is 6.51. The molecule has 0 spiro atoms. The molecular formula is C12H20F3NO2. The first kappa shape index (κ1) is 14.1. The first-order chi connectivity index (χ1) is 8.41. The minimum absolute atomic E-state index is 0.185. The van der Waals surface area contributed by atoms with Crippen LogP contribution in [0.2, 0.25) is 0 Å². The standard InChI is InChI=1S/C12H20F3NO2/c13-12(14,15)9-3-1-2-4-10(9)16-7-11(17)5-6-18-8-11/h9-10,16-17H,1-8H2. The average molecular weight is 267 g/mol. The van der Waals surface area contributed by atoms with Crippen molar-refractivity contribution < 1.29 is 23.0 Å². The lowest BCUT2D eigenvalue weighted by Crippen LogP contribution is -2.51. The van der Waals surface area contributed by atoms with Gasteiger partial charge in [0.1, 0.15) is 5.60 Å². The van der Waals surface area contributed by atoms with Crippen molar-refractivity contribution in [1.29, 1.82) is 0 Å². The molecule has 1 saturated carbocycles. The molecule has 3 unspecified atom stereocenters. The predicted molar refractivity (Wildman–Crippen MR) is 60.2 cm³/mol. The van der Waals surface area contributed by atoms with Crippen LogP contribution in [0.5, 0.6) is 0 Å². The van der Waals surface area contributed by atoms with Crippen LogP contribution in [0, 0.1) is 5.92 Å². The maximum absolute atomic E-state index is 12.9. The van der Waals surface area contributed by atoms with Crippen LogP contribution >= 0.6 is 0 Å². The van der Waals surface area contributed by atoms with Gasteiger partial charge in [-0.25, -0.2) is 0 Å². The summed E-state index contributed by atoms with van der Waals surface area (Å²) in [5.41, 5.74) is -0.992. The zero-order chi connectivity index (χ0) is 13.2. The zero-order valence-electron chi connectivity index (χ0n) is 10.3. The number of hydrogen-bond acceptors (Lipinski definition) is 3. The molecule has 106 valence electrons. The molecule has 2 fully saturated rings. The van der Waals surface area contributed by atoms with E-state index in [1.807, 2.05) is 0 Å². The molecule has 3 nitrogen and oxygen atoms in total. The number of aliphatic hydroxyl groups is 1. The fourth-order valence-electron chi connectivity index (χ4n) is 2.82. The zero-order valence-corrected chi connectivity index (χ0v) is 10.3. The van der Waals surface area contributed by atoms with Crippen LogP contribution in [0.4, 0.5) is 13.2 Å². The second-order valence-corrected chi connectivity index (χ2v) is 5.45. The van der Waals surface area contributed by atoms with Gasteiger partial charge in [-0.15, -0.1) is 0 Å². The third-order valence-corrected chi connectivity index (χ3v) is 3.96. The summed E-state index contributed by atoms with van der Waals surface area (Å²) in [6, 6.07) is -0.566. The van der Waals surface area contributed by atoms with Gasteiger partial charge in [-0.3, -0.25) is 0 Å². The van der Waals surface area contributed by atoms with Crippen molar-refractivity contribution in [2.45, 2.75) is 49.9 Å². The van der Waals surface area contributed by atoms with E-state index in [2.05, 4.69) is 5.32 Å². The van der Waals surface area contributed by atoms with Crippen LogP contribution in [0.15, 0.2) is 0 Å². The molecule has 2 rings (SSSR count). The SMILES string of the molecule is OC1(CNC2CCCCC2C(F)(F)F)CCOC1. The summed E-state index contributed by atoms with van der Waals surface area (Å²) in [4.78, 5) is 0. The lowest BCUT2D eigenvalue weighted by Gasteiger charge is -2.35. The van der Waals surface area contributed by atoms with Gasteiger partial charge in [0.05, 0.1) is 12.5 Å². The minimum Gasteiger partial charge on any atom is -0.386 e. The molecule has 6 heteroatoms. The number of ether oxygens (including phenoxy) is 1. The molecule has 3 atom stereocenters. The van der Waals surface area contributed by atoms with E-state index < -0.39 is 23.7 Å². The molecule has 0 aromatic carbocycles. The second-order valence-electron chi connectivity index (χ2n) is 5.45. The Morgan fingerprint density at radius 3 is 2.61 bits per heavy atom. The number of nitrogens with one attached hydrogen (secondary N) is 1. The lowest BCUT2D eigenvalue weighted by atomic mass is 9.83. The quantitative estimate of drug-likeness (QED) is 0.820. The maximum atomic E-state index is 12.9. The minimum atomic E-state index is -4.15. The first-order valence-corrected chi connectivity index (χ1v) is 6.51. The third kappa shape index (κ3) is 3.36. The van der Waals surface area contributed by atoms with Crippen molar-refractivity contribution in [3.05, 3.63) is 0 Å². The van der Waals surface area contributed by atoms with Crippen molar-refractivity contribution in [3.63, 3.8) is 0 Å². The Labute approximate surface area is 105 Å². The Morgan fingerprint density at radius 2 is 2.00 bits per heavy atom. The van der Waals surface area contributed by atoms with Crippen LogP contribution in [-0.4, -0.2) is 42.7 Å². The van der Waals surface area contributed by atoms with Crippen molar-refractivity contribution in [3.8, 4) is 0 Å². The molecular weight excluding hydrogens is 247 g/mol. The Hall–Kier alpha value is -0.330. The number of halogens is 3. The molecule has 2 N–H and O–H groups in total. The molecule has 1 aliphatic carbocycles. The Morgan fingerprint density at radius 1 is 1.28 bits per heavy atom. The van der Waals surface area contributed by atoms with Gasteiger partial charge in [0, 0.05) is 25.6 Å². The summed E-state index contributed by atoms with van der Waals surface area (Å²) in [6.07, 6.45) is -1.48. The smallest absolute Gasteiger partial charge is 0.386 e. The summed E-state index contributed by atoms with van der Waals surface area (Å²) in [5.74, 6) is -1.28. The Balaban J connectivity index is 1.89. The maximum Gasteiger partial charge on any atom is 0.393 e. The summed E-state index contributed by atoms with van der Waals surface area (Å²) in [6.45, 7) is 0.874. The van der Waals surface area contributed by atoms with Crippen LogP contribution in [-0.2, 0) is 4.74 Å². The van der Waals surface area contributed by atoms with Gasteiger partial charge in [-0.05, 0) is 12.8 Å². The van der Waals surface area contributed by atoms with Crippen molar-refractivity contribution >= 4 is 0 Å². The van der Waals surface area contributed by atoms with E-state index in [1.54, 1.807) is 0 Å². The topological polar surface area (TPSA) is 41.5 Å². The Bertz CT molecular complexity index is 277. The number of hydrogen-bond donors (Lipinski definition) is 2. The van der Waals surface area contributed by atoms with E-state index in [0.717, 1.165) is 6.42 Å². The highest BCUT2D eigenvalue weighted by molar-refractivity contribution is 4.90. The second kappa shape index (κ2) is 5.35. The van der Waals surface area contributed by atoms with Crippen LogP contribution in [0.1, 0.15) is 32.1 Å². The molecule has 1 heterocycles. The van der Waals surface area contributed by atoms with Crippen LogP contribution in [0.3, 0.4) is 0 Å². The van der Waals surface area contributed by atoms with Gasteiger partial charge in [-0.2, -0.15) is 13.2 Å². The average Bonchev–Trinajstić information content (AvgIpc) is 2.73. The fourth-order valence-corrected chi connectivity index (χ4v) is 2.82. The summed E-state index contributed by atoms with van der Waals surface area (Å²) in [5, 5.41) is 13.0. The van der Waals surface area contributed by atoms with Crippen molar-refractivity contribution in [1.82, 2.24) is 5.32 Å². The highest BCUT2D eigenvalue weighted by Gasteiger charge is 2.46. The van der Waals surface area contributed by atoms with Gasteiger partial charge in [-0.1, -0.05) is 12.8 Å². The van der Waals surface area contributed by atoms with Gasteiger partial charge in [0.15, 0.2) is 0 Å². The molecule has 0 amide bonds. The van der Waals surface area contributed by atoms with Gasteiger partial charge in [0.2, 0.25) is 0 Å². The summed E-state index contributed by atoms with van der Waals surface area (Å²) in [7, 11) is 0. The molecule has 0 radical (unpaired) electrons. The van der Waals surface area contributed by atoms with E-state index in [1.165, 1.54) is 0 Å². The largest absolute Gasteiger partial charge is 0.393 e. The fraction of sp³-hybridized carbons (Fsp3) is 1.00. The van der Waals surface area contributed by atoms with Gasteiger partial charge in [0.25, 0.3) is 0 Å². The van der Waals surface area contributed by atoms with Crippen LogP contribution in [0.25, 0.3) is 0 Å². The van der Waals surface area contributed by atoms with E-state index >= 15 is 0 Å². The van der Waals surface area contributed by atoms with E-state index in [-0.39, 0.29) is 19.6 Å². The summed E-state index contributed by atoms with van der Waals surface area (Å²) >= 11 is 0. The van der Waals surface area contributed by atoms with Crippen molar-refractivity contribution in [2.24, 2.45) is 5.92 Å². The molecule has 1 aliphatic heterocycles. The molecule has 0 bridgehead atoms. The summed E-state index contributed by atoms with van der Waals surface area (Å²) < 4.78 is 43.7. The Kier molecular flexibility index (Phi) is 4.18. The lowest BCUT2D eigenvalue weighted by molar-refractivity contribution is -0.189. The van der Waals surface area contributed by atoms with Gasteiger partial charge >= 0.3 is 6.18 Å². The van der Waals surface area contributed by atoms with Crippen molar-refractivity contribution in [2.75, 3.05) is 19.8 Å². The molecule has 0 aromatic rings. The van der Waals surface area contributed by atoms with Gasteiger partial charge < -0.3 is 15.2 Å². The van der Waals surface area contributed by atoms with E-state index in [0.29, 0.717) is 25.9 Å². The highest BCUT2D eigenvalue weighted by atomic mass is 19.4. The van der Waals surface area contributed by atoms with Crippen LogP contribution < -0.4 is 5.32 Å². The van der Waals surface area contributed by atoms with E-state index in [9.17, 15) is 18.3 Å². The predicted octanol–water partition coefficient (Wildman–Crippen LogP) is 1.85. The highest BCUT2D eigenvalue weighted by Crippen LogP contribution is 2.37. The third-order valence-electron chi connectivity index (χ3n) is 3.96. The normalized spacial score (nSPS) is 38.0. The molecule has 1 saturated heterocycles. The number of rotatable bonds is 3. The van der Waals surface area contributed by atoms with E-state index in [4.69, 9.17) is 4.74 Å². The number of alkyl halides is 3. The molecule has 0 aromatic heterocycles. The molecule has 18 heavy (non-hydrogen) atoms. The monoisotopic (exact) mass is 267 g/mol.